The van der Waals surface area contributed by atoms with E-state index in [-0.39, 0.29) is 11.8 Å². The van der Waals surface area contributed by atoms with E-state index in [1.807, 2.05) is 26.0 Å². The Morgan fingerprint density at radius 2 is 1.89 bits per heavy atom. The van der Waals surface area contributed by atoms with Crippen molar-refractivity contribution in [2.45, 2.75) is 52.8 Å². The molecule has 3 nitrogen and oxygen atoms in total. The number of nitrogens with two attached hydrogens (primary N) is 1. The zero-order chi connectivity index (χ0) is 14.5. The fourth-order valence-electron chi connectivity index (χ4n) is 2.47. The van der Waals surface area contributed by atoms with Gasteiger partial charge in [-0.1, -0.05) is 26.0 Å². The highest BCUT2D eigenvalue weighted by molar-refractivity contribution is 5.29. The van der Waals surface area contributed by atoms with Gasteiger partial charge in [-0.05, 0) is 51.6 Å². The molecule has 0 aliphatic rings. The Kier molecular flexibility index (Phi) is 5.83. The predicted octanol–water partition coefficient (Wildman–Crippen LogP) is 3.03. The molecule has 0 aromatic heterocycles. The van der Waals surface area contributed by atoms with E-state index in [2.05, 4.69) is 37.8 Å². The first-order valence-electron chi connectivity index (χ1n) is 7.18. The summed E-state index contributed by atoms with van der Waals surface area (Å²) in [5.74, 6) is 0.919. The Balaban J connectivity index is 2.81. The van der Waals surface area contributed by atoms with Gasteiger partial charge in [-0.3, -0.25) is 4.90 Å². The molecule has 108 valence electrons. The molecule has 0 fully saturated rings. The molecule has 1 aromatic carbocycles. The van der Waals surface area contributed by atoms with Crippen LogP contribution in [0.4, 0.5) is 0 Å². The minimum absolute atomic E-state index is 0.197. The minimum Gasteiger partial charge on any atom is -0.491 e. The van der Waals surface area contributed by atoms with Gasteiger partial charge in [0.2, 0.25) is 0 Å². The second-order valence-electron chi connectivity index (χ2n) is 5.52. The fraction of sp³-hybridized carbons (Fsp3) is 0.625. The molecular formula is C16H28N2O. The van der Waals surface area contributed by atoms with Crippen LogP contribution in [0.5, 0.6) is 5.75 Å². The van der Waals surface area contributed by atoms with E-state index in [4.69, 9.17) is 10.5 Å². The summed E-state index contributed by atoms with van der Waals surface area (Å²) in [5, 5.41) is 0. The second kappa shape index (κ2) is 6.92. The molecule has 0 amide bonds. The summed E-state index contributed by atoms with van der Waals surface area (Å²) >= 11 is 0. The van der Waals surface area contributed by atoms with E-state index in [1.54, 1.807) is 0 Å². The summed E-state index contributed by atoms with van der Waals surface area (Å²) in [6, 6.07) is 8.23. The van der Waals surface area contributed by atoms with Crippen LogP contribution in [0.25, 0.3) is 0 Å². The number of benzene rings is 1. The van der Waals surface area contributed by atoms with Crippen molar-refractivity contribution in [2.24, 2.45) is 5.73 Å². The van der Waals surface area contributed by atoms with E-state index in [0.717, 1.165) is 25.3 Å². The van der Waals surface area contributed by atoms with E-state index >= 15 is 0 Å². The summed E-state index contributed by atoms with van der Waals surface area (Å²) < 4.78 is 5.73. The molecule has 2 N–H and O–H groups in total. The summed E-state index contributed by atoms with van der Waals surface area (Å²) in [7, 11) is 0. The number of nitrogens with zero attached hydrogens (tertiary/aromatic N) is 1. The maximum Gasteiger partial charge on any atom is 0.119 e. The van der Waals surface area contributed by atoms with Crippen LogP contribution in [-0.4, -0.2) is 29.8 Å². The van der Waals surface area contributed by atoms with Gasteiger partial charge in [-0.2, -0.15) is 0 Å². The third-order valence-corrected chi connectivity index (χ3v) is 3.32. The maximum atomic E-state index is 6.45. The highest BCUT2D eigenvalue weighted by Crippen LogP contribution is 2.20. The monoisotopic (exact) mass is 264 g/mol. The lowest BCUT2D eigenvalue weighted by atomic mass is 10.00. The molecule has 0 radical (unpaired) electrons. The number of rotatable bonds is 7. The normalized spacial score (nSPS) is 14.7. The first-order chi connectivity index (χ1) is 8.89. The Labute approximate surface area is 117 Å². The zero-order valence-electron chi connectivity index (χ0n) is 12.9. The fourth-order valence-corrected chi connectivity index (χ4v) is 2.47. The second-order valence-corrected chi connectivity index (χ2v) is 5.52. The average Bonchev–Trinajstić information content (AvgIpc) is 2.28. The van der Waals surface area contributed by atoms with Gasteiger partial charge in [-0.25, -0.2) is 0 Å². The third kappa shape index (κ3) is 4.84. The van der Waals surface area contributed by atoms with Gasteiger partial charge in [0.1, 0.15) is 5.75 Å². The van der Waals surface area contributed by atoms with Gasteiger partial charge >= 0.3 is 0 Å². The van der Waals surface area contributed by atoms with Crippen molar-refractivity contribution in [1.82, 2.24) is 4.90 Å². The largest absolute Gasteiger partial charge is 0.491 e. The summed E-state index contributed by atoms with van der Waals surface area (Å²) in [6.45, 7) is 12.4. The summed E-state index contributed by atoms with van der Waals surface area (Å²) in [4.78, 5) is 2.28. The van der Waals surface area contributed by atoms with Gasteiger partial charge in [0.05, 0.1) is 11.8 Å². The first-order valence-corrected chi connectivity index (χ1v) is 7.18. The smallest absolute Gasteiger partial charge is 0.119 e. The number of hydrogen-bond donors (Lipinski definition) is 1. The van der Waals surface area contributed by atoms with Gasteiger partial charge in [0, 0.05) is 6.42 Å². The Morgan fingerprint density at radius 3 is 2.42 bits per heavy atom. The van der Waals surface area contributed by atoms with Crippen molar-refractivity contribution in [3.05, 3.63) is 29.8 Å². The topological polar surface area (TPSA) is 38.5 Å². The van der Waals surface area contributed by atoms with Crippen molar-refractivity contribution in [3.63, 3.8) is 0 Å². The molecule has 0 aliphatic carbocycles. The minimum atomic E-state index is -0.319. The molecule has 1 aromatic rings. The molecule has 0 aliphatic heterocycles. The molecule has 3 heteroatoms. The molecule has 19 heavy (non-hydrogen) atoms. The highest BCUT2D eigenvalue weighted by atomic mass is 16.5. The van der Waals surface area contributed by atoms with Crippen LogP contribution in [0.2, 0.25) is 0 Å². The molecule has 0 bridgehead atoms. The van der Waals surface area contributed by atoms with Crippen LogP contribution in [0.15, 0.2) is 24.3 Å². The van der Waals surface area contributed by atoms with Crippen molar-refractivity contribution in [2.75, 3.05) is 13.1 Å². The lowest BCUT2D eigenvalue weighted by molar-refractivity contribution is 0.123. The van der Waals surface area contributed by atoms with Gasteiger partial charge in [-0.15, -0.1) is 0 Å². The molecule has 0 saturated heterocycles. The Hall–Kier alpha value is -1.06. The van der Waals surface area contributed by atoms with Gasteiger partial charge in [0.25, 0.3) is 0 Å². The SMILES string of the molecule is CCN(CC)C(C)(N)Cc1cccc(OC(C)C)c1. The van der Waals surface area contributed by atoms with Crippen LogP contribution < -0.4 is 10.5 Å². The highest BCUT2D eigenvalue weighted by Gasteiger charge is 2.25. The van der Waals surface area contributed by atoms with Crippen LogP contribution in [0, 0.1) is 0 Å². The lowest BCUT2D eigenvalue weighted by Gasteiger charge is -2.37. The summed E-state index contributed by atoms with van der Waals surface area (Å²) in [6.07, 6.45) is 1.02. The van der Waals surface area contributed by atoms with E-state index in [9.17, 15) is 0 Å². The molecular weight excluding hydrogens is 236 g/mol. The van der Waals surface area contributed by atoms with Crippen LogP contribution in [-0.2, 0) is 6.42 Å². The quantitative estimate of drug-likeness (QED) is 0.769. The van der Waals surface area contributed by atoms with Crippen LogP contribution in [0.1, 0.15) is 40.2 Å². The van der Waals surface area contributed by atoms with Crippen molar-refractivity contribution in [3.8, 4) is 5.75 Å². The van der Waals surface area contributed by atoms with Crippen LogP contribution in [0.3, 0.4) is 0 Å². The van der Waals surface area contributed by atoms with E-state index in [1.165, 1.54) is 5.56 Å². The molecule has 0 spiro atoms. The number of ether oxygens (including phenoxy) is 1. The van der Waals surface area contributed by atoms with E-state index in [0.29, 0.717) is 0 Å². The summed E-state index contributed by atoms with van der Waals surface area (Å²) in [5.41, 5.74) is 7.35. The van der Waals surface area contributed by atoms with Crippen molar-refractivity contribution in [1.29, 1.82) is 0 Å². The zero-order valence-corrected chi connectivity index (χ0v) is 12.9. The van der Waals surface area contributed by atoms with Crippen molar-refractivity contribution < 1.29 is 4.74 Å². The molecule has 1 atom stereocenters. The predicted molar refractivity (Wildman–Crippen MR) is 81.4 cm³/mol. The molecule has 0 saturated carbocycles. The Bertz CT molecular complexity index is 384. The number of likely N-dealkylation sites (N-methyl/N-ethyl adjacent to an activating group) is 1. The van der Waals surface area contributed by atoms with Crippen LogP contribution >= 0.6 is 0 Å². The molecule has 1 unspecified atom stereocenters. The maximum absolute atomic E-state index is 6.45. The first kappa shape index (κ1) is 16.0. The Morgan fingerprint density at radius 1 is 1.26 bits per heavy atom. The lowest BCUT2D eigenvalue weighted by Crippen LogP contribution is -2.55. The average molecular weight is 264 g/mol. The molecule has 1 rings (SSSR count). The molecule has 0 heterocycles. The third-order valence-electron chi connectivity index (χ3n) is 3.32. The standard InChI is InChI=1S/C16H28N2O/c1-6-18(7-2)16(5,17)12-14-9-8-10-15(11-14)19-13(3)4/h8-11,13H,6-7,12,17H2,1-5H3. The number of hydrogen-bond acceptors (Lipinski definition) is 3. The van der Waals surface area contributed by atoms with Gasteiger partial charge in [0.15, 0.2) is 0 Å². The van der Waals surface area contributed by atoms with E-state index < -0.39 is 0 Å². The van der Waals surface area contributed by atoms with Gasteiger partial charge < -0.3 is 10.5 Å². The van der Waals surface area contributed by atoms with Crippen molar-refractivity contribution >= 4 is 0 Å².